The van der Waals surface area contributed by atoms with E-state index in [1.54, 1.807) is 16.2 Å². The molecule has 0 radical (unpaired) electrons. The Hall–Kier alpha value is -4.47. The predicted molar refractivity (Wildman–Crippen MR) is 121 cm³/mol. The molecule has 5 aromatic rings. The molecule has 2 N–H and O–H groups in total. The predicted octanol–water partition coefficient (Wildman–Crippen LogP) is 2.70. The van der Waals surface area contributed by atoms with E-state index in [1.165, 1.54) is 10.7 Å². The molecule has 0 saturated carbocycles. The third-order valence-corrected chi connectivity index (χ3v) is 5.37. The van der Waals surface area contributed by atoms with Gasteiger partial charge >= 0.3 is 0 Å². The molecule has 0 saturated heterocycles. The SMILES string of the molecule is Cn1nc(C(=O)Nc2nc3ccccc3n2C)cc1C(=O)Nc1nc2ccccc2n1C. The average Bonchev–Trinajstić information content (AvgIpc) is 3.43. The van der Waals surface area contributed by atoms with Crippen molar-refractivity contribution >= 4 is 45.8 Å². The first-order chi connectivity index (χ1) is 15.4. The Labute approximate surface area is 182 Å². The first kappa shape index (κ1) is 19.5. The van der Waals surface area contributed by atoms with Crippen LogP contribution < -0.4 is 10.6 Å². The standard InChI is InChI=1S/C22H20N8O2/c1-28-16-10-6-4-8-13(16)23-21(28)25-19(31)15-12-18(30(3)27-15)20(32)26-22-24-14-9-5-7-11-17(14)29(22)2/h4-12H,1-3H3,(H,23,25,31)(H,24,26,32). The van der Waals surface area contributed by atoms with Crippen molar-refractivity contribution in [1.82, 2.24) is 28.9 Å². The molecule has 0 aliphatic rings. The van der Waals surface area contributed by atoms with Crippen molar-refractivity contribution in [2.75, 3.05) is 10.6 Å². The summed E-state index contributed by atoms with van der Waals surface area (Å²) in [5, 5.41) is 9.75. The fourth-order valence-corrected chi connectivity index (χ4v) is 3.64. The third kappa shape index (κ3) is 3.18. The van der Waals surface area contributed by atoms with E-state index in [9.17, 15) is 9.59 Å². The van der Waals surface area contributed by atoms with E-state index >= 15 is 0 Å². The highest BCUT2D eigenvalue weighted by Crippen LogP contribution is 2.20. The number of aromatic nitrogens is 6. The van der Waals surface area contributed by atoms with Gasteiger partial charge in [0.05, 0.1) is 22.1 Å². The zero-order valence-corrected chi connectivity index (χ0v) is 17.7. The summed E-state index contributed by atoms with van der Waals surface area (Å²) in [6, 6.07) is 16.6. The van der Waals surface area contributed by atoms with Gasteiger partial charge in [-0.3, -0.25) is 24.9 Å². The van der Waals surface area contributed by atoms with Crippen LogP contribution >= 0.6 is 0 Å². The van der Waals surface area contributed by atoms with Crippen LogP contribution in [0.25, 0.3) is 22.1 Å². The molecule has 10 nitrogen and oxygen atoms in total. The molecule has 160 valence electrons. The third-order valence-electron chi connectivity index (χ3n) is 5.37. The lowest BCUT2D eigenvalue weighted by atomic mass is 10.3. The number of imidazole rings is 2. The molecule has 0 unspecified atom stereocenters. The van der Waals surface area contributed by atoms with E-state index in [-0.39, 0.29) is 11.4 Å². The minimum Gasteiger partial charge on any atom is -0.313 e. The Kier molecular flexibility index (Phi) is 4.47. The van der Waals surface area contributed by atoms with Crippen molar-refractivity contribution in [2.24, 2.45) is 21.1 Å². The summed E-state index contributed by atoms with van der Waals surface area (Å²) in [7, 11) is 5.25. The number of amides is 2. The lowest BCUT2D eigenvalue weighted by Crippen LogP contribution is -2.18. The highest BCUT2D eigenvalue weighted by atomic mass is 16.2. The minimum atomic E-state index is -0.458. The molecule has 0 atom stereocenters. The molecular weight excluding hydrogens is 408 g/mol. The van der Waals surface area contributed by atoms with E-state index in [1.807, 2.05) is 62.6 Å². The number of hydrogen-bond acceptors (Lipinski definition) is 5. The molecule has 0 fully saturated rings. The second-order valence-corrected chi connectivity index (χ2v) is 7.41. The van der Waals surface area contributed by atoms with Gasteiger partial charge in [0.1, 0.15) is 5.69 Å². The molecule has 2 amide bonds. The monoisotopic (exact) mass is 428 g/mol. The van der Waals surface area contributed by atoms with Gasteiger partial charge in [0.2, 0.25) is 11.9 Å². The van der Waals surface area contributed by atoms with Crippen LogP contribution in [-0.2, 0) is 21.1 Å². The lowest BCUT2D eigenvalue weighted by Gasteiger charge is -2.05. The van der Waals surface area contributed by atoms with Crippen LogP contribution in [0, 0.1) is 0 Å². The summed E-state index contributed by atoms with van der Waals surface area (Å²) >= 11 is 0. The highest BCUT2D eigenvalue weighted by molar-refractivity contribution is 6.07. The number of nitrogens with zero attached hydrogens (tertiary/aromatic N) is 6. The van der Waals surface area contributed by atoms with Crippen molar-refractivity contribution in [3.8, 4) is 0 Å². The number of carbonyl (C=O) groups is 2. The van der Waals surface area contributed by atoms with E-state index < -0.39 is 11.8 Å². The van der Waals surface area contributed by atoms with Gasteiger partial charge in [-0.2, -0.15) is 5.10 Å². The van der Waals surface area contributed by atoms with Gasteiger partial charge in [0, 0.05) is 27.2 Å². The molecule has 3 aromatic heterocycles. The summed E-state index contributed by atoms with van der Waals surface area (Å²) in [6.07, 6.45) is 0. The van der Waals surface area contributed by atoms with E-state index in [0.29, 0.717) is 11.9 Å². The van der Waals surface area contributed by atoms with Gasteiger partial charge in [-0.1, -0.05) is 24.3 Å². The molecule has 32 heavy (non-hydrogen) atoms. The second kappa shape index (κ2) is 7.34. The Morgan fingerprint density at radius 3 is 1.78 bits per heavy atom. The minimum absolute atomic E-state index is 0.106. The number of nitrogens with one attached hydrogen (secondary N) is 2. The maximum absolute atomic E-state index is 12.9. The first-order valence-corrected chi connectivity index (χ1v) is 9.92. The number of aryl methyl sites for hydroxylation is 3. The number of rotatable bonds is 4. The Morgan fingerprint density at radius 2 is 1.25 bits per heavy atom. The second-order valence-electron chi connectivity index (χ2n) is 7.41. The topological polar surface area (TPSA) is 112 Å². The van der Waals surface area contributed by atoms with Crippen molar-refractivity contribution in [3.63, 3.8) is 0 Å². The van der Waals surface area contributed by atoms with Crippen molar-refractivity contribution in [3.05, 3.63) is 66.0 Å². The Bertz CT molecular complexity index is 1510. The van der Waals surface area contributed by atoms with Crippen LogP contribution in [0.4, 0.5) is 11.9 Å². The van der Waals surface area contributed by atoms with Gasteiger partial charge in [0.25, 0.3) is 11.8 Å². The van der Waals surface area contributed by atoms with Gasteiger partial charge in [-0.05, 0) is 24.3 Å². The summed E-state index contributed by atoms with van der Waals surface area (Å²) in [5.41, 5.74) is 3.68. The average molecular weight is 428 g/mol. The summed E-state index contributed by atoms with van der Waals surface area (Å²) < 4.78 is 4.94. The van der Waals surface area contributed by atoms with E-state index in [0.717, 1.165) is 22.1 Å². The largest absolute Gasteiger partial charge is 0.313 e. The molecule has 0 bridgehead atoms. The quantitative estimate of drug-likeness (QED) is 0.457. The number of benzene rings is 2. The lowest BCUT2D eigenvalue weighted by molar-refractivity contribution is 0.101. The fourth-order valence-electron chi connectivity index (χ4n) is 3.64. The van der Waals surface area contributed by atoms with Gasteiger partial charge in [-0.25, -0.2) is 9.97 Å². The highest BCUT2D eigenvalue weighted by Gasteiger charge is 2.21. The first-order valence-electron chi connectivity index (χ1n) is 9.92. The molecule has 0 spiro atoms. The number of carbonyl (C=O) groups excluding carboxylic acids is 2. The maximum Gasteiger partial charge on any atom is 0.278 e. The summed E-state index contributed by atoms with van der Waals surface area (Å²) in [5.74, 6) is -0.0726. The molecule has 2 aromatic carbocycles. The zero-order chi connectivity index (χ0) is 22.4. The van der Waals surface area contributed by atoms with E-state index in [4.69, 9.17) is 0 Å². The van der Waals surface area contributed by atoms with Crippen LogP contribution in [0.3, 0.4) is 0 Å². The molecule has 10 heteroatoms. The number of anilines is 2. The fraction of sp³-hybridized carbons (Fsp3) is 0.136. The molecular formula is C22H20N8O2. The van der Waals surface area contributed by atoms with Crippen molar-refractivity contribution in [2.45, 2.75) is 0 Å². The van der Waals surface area contributed by atoms with Crippen molar-refractivity contribution in [1.29, 1.82) is 0 Å². The number of fused-ring (bicyclic) bond motifs is 2. The Morgan fingerprint density at radius 1 is 0.750 bits per heavy atom. The van der Waals surface area contributed by atoms with Crippen LogP contribution in [0.15, 0.2) is 54.6 Å². The van der Waals surface area contributed by atoms with Gasteiger partial charge < -0.3 is 9.13 Å². The normalized spacial score (nSPS) is 11.2. The van der Waals surface area contributed by atoms with Crippen LogP contribution in [0.2, 0.25) is 0 Å². The molecule has 0 aliphatic heterocycles. The van der Waals surface area contributed by atoms with Gasteiger partial charge in [0.15, 0.2) is 5.69 Å². The maximum atomic E-state index is 12.9. The molecule has 0 aliphatic carbocycles. The van der Waals surface area contributed by atoms with Crippen molar-refractivity contribution < 1.29 is 9.59 Å². The van der Waals surface area contributed by atoms with E-state index in [2.05, 4.69) is 25.7 Å². The number of para-hydroxylation sites is 4. The number of hydrogen-bond donors (Lipinski definition) is 2. The van der Waals surface area contributed by atoms with Crippen LogP contribution in [-0.4, -0.2) is 40.7 Å². The van der Waals surface area contributed by atoms with Crippen LogP contribution in [0.1, 0.15) is 21.0 Å². The molecule has 5 rings (SSSR count). The zero-order valence-electron chi connectivity index (χ0n) is 17.7. The Balaban J connectivity index is 1.37. The smallest absolute Gasteiger partial charge is 0.278 e. The summed E-state index contributed by atoms with van der Waals surface area (Å²) in [6.45, 7) is 0. The molecule has 3 heterocycles. The van der Waals surface area contributed by atoms with Gasteiger partial charge in [-0.15, -0.1) is 0 Å². The van der Waals surface area contributed by atoms with Crippen LogP contribution in [0.5, 0.6) is 0 Å². The summed E-state index contributed by atoms with van der Waals surface area (Å²) in [4.78, 5) is 34.5.